The third-order valence-corrected chi connectivity index (χ3v) is 4.06. The number of hydrogen-bond acceptors (Lipinski definition) is 2. The van der Waals surface area contributed by atoms with Gasteiger partial charge in [0.25, 0.3) is 0 Å². The average Bonchev–Trinajstić information content (AvgIpc) is 2.55. The molecular formula is C22H24O2. The van der Waals surface area contributed by atoms with Gasteiger partial charge in [-0.25, -0.2) is 0 Å². The Labute approximate surface area is 145 Å². The van der Waals surface area contributed by atoms with Crippen LogP contribution in [0.25, 0.3) is 11.6 Å². The second-order valence-electron chi connectivity index (χ2n) is 5.96. The molecule has 0 saturated heterocycles. The molecule has 0 N–H and O–H groups in total. The van der Waals surface area contributed by atoms with E-state index in [4.69, 9.17) is 0 Å². The monoisotopic (exact) mass is 320 g/mol. The van der Waals surface area contributed by atoms with E-state index in [9.17, 15) is 9.59 Å². The Morgan fingerprint density at radius 1 is 1.17 bits per heavy atom. The molecule has 2 heteroatoms. The molecule has 0 bridgehead atoms. The molecule has 0 unspecified atom stereocenters. The van der Waals surface area contributed by atoms with Crippen LogP contribution in [-0.4, -0.2) is 11.6 Å². The molecule has 0 atom stereocenters. The van der Waals surface area contributed by atoms with Crippen LogP contribution < -0.4 is 0 Å². The van der Waals surface area contributed by atoms with Gasteiger partial charge in [0.2, 0.25) is 0 Å². The van der Waals surface area contributed by atoms with Crippen molar-refractivity contribution in [1.82, 2.24) is 0 Å². The Morgan fingerprint density at radius 2 is 1.88 bits per heavy atom. The molecule has 0 fully saturated rings. The first-order valence-electron chi connectivity index (χ1n) is 7.96. The Bertz CT molecular complexity index is 832. The van der Waals surface area contributed by atoms with Gasteiger partial charge in [0.15, 0.2) is 11.6 Å². The summed E-state index contributed by atoms with van der Waals surface area (Å²) in [5.41, 5.74) is 6.26. The number of carbonyl (C=O) groups excluding carboxylic acids is 2. The summed E-state index contributed by atoms with van der Waals surface area (Å²) in [7, 11) is 0. The first kappa shape index (κ1) is 17.6. The van der Waals surface area contributed by atoms with E-state index in [-0.39, 0.29) is 13.0 Å². The first-order valence-corrected chi connectivity index (χ1v) is 7.96. The lowest BCUT2D eigenvalue weighted by Crippen LogP contribution is -2.07. The Balaban J connectivity index is 0.000000240. The molecule has 0 spiro atoms. The number of ketones is 2. The highest BCUT2D eigenvalue weighted by Gasteiger charge is 2.12. The van der Waals surface area contributed by atoms with Gasteiger partial charge >= 0.3 is 0 Å². The van der Waals surface area contributed by atoms with E-state index in [0.29, 0.717) is 6.42 Å². The van der Waals surface area contributed by atoms with E-state index in [0.717, 1.165) is 27.8 Å². The Morgan fingerprint density at radius 3 is 2.54 bits per heavy atom. The molecule has 0 saturated carbocycles. The van der Waals surface area contributed by atoms with Crippen LogP contribution in [0.1, 0.15) is 47.9 Å². The van der Waals surface area contributed by atoms with Gasteiger partial charge in [-0.3, -0.25) is 9.59 Å². The summed E-state index contributed by atoms with van der Waals surface area (Å²) in [5.74, 6) is 0.322. The van der Waals surface area contributed by atoms with Crippen molar-refractivity contribution in [3.8, 4) is 0 Å². The molecule has 2 aromatic rings. The predicted octanol–water partition coefficient (Wildman–Crippen LogP) is 5.30. The van der Waals surface area contributed by atoms with E-state index in [2.05, 4.69) is 12.6 Å². The van der Waals surface area contributed by atoms with Crippen LogP contribution in [0, 0.1) is 6.92 Å². The number of fused-ring (bicyclic) bond motifs is 1. The molecular weight excluding hydrogens is 296 g/mol. The quantitative estimate of drug-likeness (QED) is 0.703. The highest BCUT2D eigenvalue weighted by atomic mass is 16.1. The van der Waals surface area contributed by atoms with E-state index in [1.54, 1.807) is 19.1 Å². The van der Waals surface area contributed by atoms with E-state index in [1.807, 2.05) is 50.2 Å². The molecule has 2 aromatic carbocycles. The summed E-state index contributed by atoms with van der Waals surface area (Å²) in [4.78, 5) is 22.3. The van der Waals surface area contributed by atoms with Crippen molar-refractivity contribution in [2.45, 2.75) is 27.2 Å². The third-order valence-electron chi connectivity index (χ3n) is 4.06. The smallest absolute Gasteiger partial charge is 0.160 e. The lowest BCUT2D eigenvalue weighted by Gasteiger charge is -2.12. The van der Waals surface area contributed by atoms with Crippen LogP contribution in [0.3, 0.4) is 0 Å². The second-order valence-corrected chi connectivity index (χ2v) is 5.96. The van der Waals surface area contributed by atoms with Crippen molar-refractivity contribution in [2.75, 3.05) is 0 Å². The molecule has 0 aromatic heterocycles. The summed E-state index contributed by atoms with van der Waals surface area (Å²) < 4.78 is 0. The normalized spacial score (nSPS) is 12.5. The van der Waals surface area contributed by atoms with Gasteiger partial charge in [0.05, 0.1) is 0 Å². The van der Waals surface area contributed by atoms with E-state index >= 15 is 0 Å². The molecule has 1 aliphatic rings. The fourth-order valence-electron chi connectivity index (χ4n) is 2.76. The number of hydrogen-bond donors (Lipinski definition) is 0. The number of aryl methyl sites for hydroxylation is 1. The molecule has 24 heavy (non-hydrogen) atoms. The number of benzene rings is 2. The number of rotatable bonds is 2. The van der Waals surface area contributed by atoms with E-state index < -0.39 is 0 Å². The summed E-state index contributed by atoms with van der Waals surface area (Å²) in [6, 6.07) is 13.8. The second kappa shape index (κ2) is 7.69. The summed E-state index contributed by atoms with van der Waals surface area (Å²) in [6.45, 7) is 9.14. The van der Waals surface area contributed by atoms with Crippen LogP contribution in [0.2, 0.25) is 0 Å². The van der Waals surface area contributed by atoms with Crippen molar-refractivity contribution in [3.05, 3.63) is 82.9 Å². The van der Waals surface area contributed by atoms with E-state index in [1.165, 1.54) is 5.56 Å². The van der Waals surface area contributed by atoms with Crippen LogP contribution in [0.15, 0.2) is 55.1 Å². The summed E-state index contributed by atoms with van der Waals surface area (Å²) in [6.07, 6.45) is 4.03. The SMILES string of the molecule is C=Cc1ccc(C)c(C(C)=O)c1.CC1=CC(=O)Cc2ccccc21.[HH]. The summed E-state index contributed by atoms with van der Waals surface area (Å²) >= 11 is 0. The minimum absolute atomic E-state index is 0. The maximum absolute atomic E-state index is 11.2. The predicted molar refractivity (Wildman–Crippen MR) is 102 cm³/mol. The molecule has 1 aliphatic carbocycles. The molecule has 3 rings (SSSR count). The van der Waals surface area contributed by atoms with Gasteiger partial charge in [0.1, 0.15) is 0 Å². The van der Waals surface area contributed by atoms with Gasteiger partial charge in [0, 0.05) is 13.4 Å². The summed E-state index contributed by atoms with van der Waals surface area (Å²) in [5, 5.41) is 0. The number of allylic oxidation sites excluding steroid dienone is 2. The standard InChI is InChI=1S/C11H10O.C11H12O.H2/c1-8-6-10(12)7-9-4-2-3-5-11(8)9;1-4-10-6-5-8(2)11(7-10)9(3)12;/h2-6H,7H2,1H3;4-7H,1H2,2-3H3;1H. The van der Waals surface area contributed by atoms with Crippen LogP contribution in [0.5, 0.6) is 0 Å². The molecule has 0 heterocycles. The molecule has 2 nitrogen and oxygen atoms in total. The lowest BCUT2D eigenvalue weighted by molar-refractivity contribution is -0.114. The highest BCUT2D eigenvalue weighted by Crippen LogP contribution is 2.23. The zero-order valence-electron chi connectivity index (χ0n) is 14.4. The molecule has 0 aliphatic heterocycles. The van der Waals surface area contributed by atoms with Crippen molar-refractivity contribution in [3.63, 3.8) is 0 Å². The Hall–Kier alpha value is -2.74. The van der Waals surface area contributed by atoms with Gasteiger partial charge in [-0.05, 0) is 60.7 Å². The minimum Gasteiger partial charge on any atom is -0.295 e. The van der Waals surface area contributed by atoms with Crippen LogP contribution in [-0.2, 0) is 11.2 Å². The number of carbonyl (C=O) groups is 2. The van der Waals surface area contributed by atoms with Gasteiger partial charge in [-0.2, -0.15) is 0 Å². The fourth-order valence-corrected chi connectivity index (χ4v) is 2.76. The van der Waals surface area contributed by atoms with Crippen molar-refractivity contribution in [1.29, 1.82) is 0 Å². The average molecular weight is 320 g/mol. The van der Waals surface area contributed by atoms with Crippen molar-refractivity contribution < 1.29 is 11.0 Å². The largest absolute Gasteiger partial charge is 0.295 e. The van der Waals surface area contributed by atoms with Gasteiger partial charge < -0.3 is 0 Å². The fraction of sp³-hybridized carbons (Fsp3) is 0.182. The molecule has 0 amide bonds. The van der Waals surface area contributed by atoms with Crippen LogP contribution >= 0.6 is 0 Å². The topological polar surface area (TPSA) is 34.1 Å². The first-order chi connectivity index (χ1) is 11.4. The maximum atomic E-state index is 11.2. The van der Waals surface area contributed by atoms with Crippen molar-refractivity contribution >= 4 is 23.2 Å². The van der Waals surface area contributed by atoms with Gasteiger partial charge in [-0.1, -0.05) is 49.1 Å². The lowest BCUT2D eigenvalue weighted by atomic mass is 9.91. The minimum atomic E-state index is 0. The molecule has 0 radical (unpaired) electrons. The zero-order chi connectivity index (χ0) is 17.7. The van der Waals surface area contributed by atoms with Crippen LogP contribution in [0.4, 0.5) is 0 Å². The zero-order valence-corrected chi connectivity index (χ0v) is 14.4. The van der Waals surface area contributed by atoms with Gasteiger partial charge in [-0.15, -0.1) is 0 Å². The molecule has 124 valence electrons. The van der Waals surface area contributed by atoms with Crippen molar-refractivity contribution in [2.24, 2.45) is 0 Å². The number of Topliss-reactive ketones (excluding diaryl/α,β-unsaturated/α-hetero) is 1. The maximum Gasteiger partial charge on any atom is 0.160 e. The third kappa shape index (κ3) is 4.17. The highest BCUT2D eigenvalue weighted by molar-refractivity contribution is 6.01. The Kier molecular flexibility index (Phi) is 5.64.